The van der Waals surface area contributed by atoms with Crippen LogP contribution < -0.4 is 5.32 Å². The Bertz CT molecular complexity index is 327. The van der Waals surface area contributed by atoms with Crippen molar-refractivity contribution in [1.82, 2.24) is 10.2 Å². The van der Waals surface area contributed by atoms with Crippen LogP contribution in [0, 0.1) is 5.92 Å². The Kier molecular flexibility index (Phi) is 5.41. The molecule has 1 rings (SSSR count). The molecule has 0 aromatic heterocycles. The summed E-state index contributed by atoms with van der Waals surface area (Å²) in [4.78, 5) is 2.41. The van der Waals surface area contributed by atoms with E-state index in [-0.39, 0.29) is 0 Å². The average Bonchev–Trinajstić information content (AvgIpc) is 2.18. The third-order valence-corrected chi connectivity index (χ3v) is 4.53. The molecule has 1 aliphatic rings. The van der Waals surface area contributed by atoms with Crippen molar-refractivity contribution < 1.29 is 8.42 Å². The Balaban J connectivity index is 2.40. The predicted octanol–water partition coefficient (Wildman–Crippen LogP) is 0.739. The maximum absolute atomic E-state index is 11.1. The van der Waals surface area contributed by atoms with E-state index in [9.17, 15) is 8.42 Å². The highest BCUT2D eigenvalue weighted by Gasteiger charge is 2.26. The number of rotatable bonds is 5. The van der Waals surface area contributed by atoms with Gasteiger partial charge in [-0.05, 0) is 25.8 Å². The van der Waals surface area contributed by atoms with E-state index in [4.69, 9.17) is 0 Å². The zero-order chi connectivity index (χ0) is 13.1. The Morgan fingerprint density at radius 3 is 2.59 bits per heavy atom. The second-order valence-electron chi connectivity index (χ2n) is 5.59. The van der Waals surface area contributed by atoms with Gasteiger partial charge in [0, 0.05) is 31.4 Å². The first-order chi connectivity index (χ1) is 7.79. The van der Waals surface area contributed by atoms with Crippen molar-refractivity contribution in [2.45, 2.75) is 39.3 Å². The van der Waals surface area contributed by atoms with Gasteiger partial charge < -0.3 is 5.32 Å². The van der Waals surface area contributed by atoms with E-state index in [1.807, 2.05) is 0 Å². The van der Waals surface area contributed by atoms with E-state index in [2.05, 4.69) is 31.0 Å². The van der Waals surface area contributed by atoms with E-state index in [1.54, 1.807) is 0 Å². The molecule has 4 nitrogen and oxygen atoms in total. The summed E-state index contributed by atoms with van der Waals surface area (Å²) in [5.41, 5.74) is 0. The van der Waals surface area contributed by atoms with Gasteiger partial charge >= 0.3 is 0 Å². The molecule has 0 aromatic carbocycles. The summed E-state index contributed by atoms with van der Waals surface area (Å²) in [6.07, 6.45) is 2.05. The number of piperazine rings is 1. The SMILES string of the molecule is CC(C)C1CN(CCCS(C)(=O)=O)C(C)CN1. The van der Waals surface area contributed by atoms with Gasteiger partial charge in [-0.3, -0.25) is 4.90 Å². The van der Waals surface area contributed by atoms with Crippen molar-refractivity contribution in [1.29, 1.82) is 0 Å². The van der Waals surface area contributed by atoms with Crippen LogP contribution >= 0.6 is 0 Å². The summed E-state index contributed by atoms with van der Waals surface area (Å²) in [5, 5.41) is 3.55. The van der Waals surface area contributed by atoms with Crippen molar-refractivity contribution in [2.24, 2.45) is 5.92 Å². The lowest BCUT2D eigenvalue weighted by Gasteiger charge is -2.40. The van der Waals surface area contributed by atoms with Crippen molar-refractivity contribution >= 4 is 9.84 Å². The molecule has 0 aromatic rings. The minimum Gasteiger partial charge on any atom is -0.311 e. The zero-order valence-electron chi connectivity index (χ0n) is 11.4. The van der Waals surface area contributed by atoms with E-state index in [0.29, 0.717) is 23.8 Å². The molecule has 0 spiro atoms. The molecule has 1 N–H and O–H groups in total. The van der Waals surface area contributed by atoms with Crippen LogP contribution in [0.25, 0.3) is 0 Å². The van der Waals surface area contributed by atoms with Gasteiger partial charge in [0.2, 0.25) is 0 Å². The normalized spacial score (nSPS) is 27.6. The fourth-order valence-corrected chi connectivity index (χ4v) is 2.89. The topological polar surface area (TPSA) is 49.4 Å². The molecular formula is C12H26N2O2S. The van der Waals surface area contributed by atoms with Crippen LogP contribution in [0.5, 0.6) is 0 Å². The molecule has 2 unspecified atom stereocenters. The largest absolute Gasteiger partial charge is 0.311 e. The smallest absolute Gasteiger partial charge is 0.147 e. The molecule has 0 bridgehead atoms. The molecule has 0 aliphatic carbocycles. The van der Waals surface area contributed by atoms with Crippen LogP contribution in [0.4, 0.5) is 0 Å². The molecule has 102 valence electrons. The maximum atomic E-state index is 11.1. The Morgan fingerprint density at radius 1 is 1.41 bits per heavy atom. The Hall–Kier alpha value is -0.130. The maximum Gasteiger partial charge on any atom is 0.147 e. The van der Waals surface area contributed by atoms with Crippen molar-refractivity contribution in [3.8, 4) is 0 Å². The Labute approximate surface area is 106 Å². The van der Waals surface area contributed by atoms with Crippen LogP contribution in [0.1, 0.15) is 27.2 Å². The number of nitrogens with one attached hydrogen (secondary N) is 1. The second kappa shape index (κ2) is 6.16. The minimum absolute atomic E-state index is 0.302. The van der Waals surface area contributed by atoms with Gasteiger partial charge in [-0.1, -0.05) is 13.8 Å². The lowest BCUT2D eigenvalue weighted by molar-refractivity contribution is 0.123. The molecule has 17 heavy (non-hydrogen) atoms. The third-order valence-electron chi connectivity index (χ3n) is 3.50. The van der Waals surface area contributed by atoms with Crippen molar-refractivity contribution in [3.05, 3.63) is 0 Å². The predicted molar refractivity (Wildman–Crippen MR) is 72.0 cm³/mol. The fraction of sp³-hybridized carbons (Fsp3) is 1.00. The van der Waals surface area contributed by atoms with Gasteiger partial charge in [-0.15, -0.1) is 0 Å². The number of hydrogen-bond acceptors (Lipinski definition) is 4. The zero-order valence-corrected chi connectivity index (χ0v) is 12.3. The molecule has 1 aliphatic heterocycles. The van der Waals surface area contributed by atoms with Crippen LogP contribution in [-0.4, -0.2) is 57.0 Å². The van der Waals surface area contributed by atoms with Gasteiger partial charge in [-0.2, -0.15) is 0 Å². The molecular weight excluding hydrogens is 236 g/mol. The second-order valence-corrected chi connectivity index (χ2v) is 7.85. The Morgan fingerprint density at radius 2 is 2.06 bits per heavy atom. The van der Waals surface area contributed by atoms with E-state index in [0.717, 1.165) is 26.1 Å². The molecule has 5 heteroatoms. The quantitative estimate of drug-likeness (QED) is 0.794. The summed E-state index contributed by atoms with van der Waals surface area (Å²) in [6, 6.07) is 1.04. The molecule has 1 fully saturated rings. The first-order valence-electron chi connectivity index (χ1n) is 6.45. The first kappa shape index (κ1) is 14.9. The van der Waals surface area contributed by atoms with Crippen LogP contribution in [-0.2, 0) is 9.84 Å². The summed E-state index contributed by atoms with van der Waals surface area (Å²) in [7, 11) is -2.81. The van der Waals surface area contributed by atoms with Crippen LogP contribution in [0.15, 0.2) is 0 Å². The van der Waals surface area contributed by atoms with E-state index in [1.165, 1.54) is 6.26 Å². The first-order valence-corrected chi connectivity index (χ1v) is 8.51. The van der Waals surface area contributed by atoms with Gasteiger partial charge in [-0.25, -0.2) is 8.42 Å². The summed E-state index contributed by atoms with van der Waals surface area (Å²) >= 11 is 0. The molecule has 1 saturated heterocycles. The summed E-state index contributed by atoms with van der Waals surface area (Å²) in [6.45, 7) is 9.57. The van der Waals surface area contributed by atoms with Crippen molar-refractivity contribution in [3.63, 3.8) is 0 Å². The van der Waals surface area contributed by atoms with Crippen LogP contribution in [0.2, 0.25) is 0 Å². The van der Waals surface area contributed by atoms with Crippen LogP contribution in [0.3, 0.4) is 0 Å². The van der Waals surface area contributed by atoms with E-state index < -0.39 is 9.84 Å². The van der Waals surface area contributed by atoms with Gasteiger partial charge in [0.15, 0.2) is 0 Å². The average molecular weight is 262 g/mol. The van der Waals surface area contributed by atoms with Crippen molar-refractivity contribution in [2.75, 3.05) is 31.6 Å². The highest BCUT2D eigenvalue weighted by atomic mass is 32.2. The number of sulfone groups is 1. The summed E-state index contributed by atoms with van der Waals surface area (Å²) < 4.78 is 22.2. The fourth-order valence-electron chi connectivity index (χ4n) is 2.24. The molecule has 1 heterocycles. The number of hydrogen-bond donors (Lipinski definition) is 1. The standard InChI is InChI=1S/C12H26N2O2S/c1-10(2)12-9-14(11(3)8-13-12)6-5-7-17(4,15)16/h10-13H,5-9H2,1-4H3. The lowest BCUT2D eigenvalue weighted by Crippen LogP contribution is -2.57. The van der Waals surface area contributed by atoms with Gasteiger partial charge in [0.05, 0.1) is 5.75 Å². The highest BCUT2D eigenvalue weighted by molar-refractivity contribution is 7.90. The lowest BCUT2D eigenvalue weighted by atomic mass is 10.00. The monoisotopic (exact) mass is 262 g/mol. The highest BCUT2D eigenvalue weighted by Crippen LogP contribution is 2.13. The number of nitrogens with zero attached hydrogens (tertiary/aromatic N) is 1. The third kappa shape index (κ3) is 5.36. The van der Waals surface area contributed by atoms with Gasteiger partial charge in [0.25, 0.3) is 0 Å². The van der Waals surface area contributed by atoms with E-state index >= 15 is 0 Å². The summed E-state index contributed by atoms with van der Waals surface area (Å²) in [5.74, 6) is 0.926. The molecule has 0 amide bonds. The molecule has 0 saturated carbocycles. The molecule has 0 radical (unpaired) electrons. The minimum atomic E-state index is -2.81. The molecule has 2 atom stereocenters. The van der Waals surface area contributed by atoms with Gasteiger partial charge in [0.1, 0.15) is 9.84 Å².